The fourth-order valence-electron chi connectivity index (χ4n) is 2.31. The molecule has 1 aromatic heterocycles. The molecule has 3 aromatic rings. The summed E-state index contributed by atoms with van der Waals surface area (Å²) in [4.78, 5) is 24.3. The van der Waals surface area contributed by atoms with E-state index >= 15 is 0 Å². The molecule has 0 unspecified atom stereocenters. The van der Waals surface area contributed by atoms with Crippen molar-refractivity contribution >= 4 is 33.5 Å². The number of carbonyl (C=O) groups excluding carboxylic acids is 2. The molecule has 0 aliphatic heterocycles. The Morgan fingerprint density at radius 3 is 2.52 bits per heavy atom. The van der Waals surface area contributed by atoms with Crippen molar-refractivity contribution in [2.45, 2.75) is 0 Å². The first-order chi connectivity index (χ1) is 13.1. The normalized spacial score (nSPS) is 10.3. The van der Waals surface area contributed by atoms with Gasteiger partial charge in [-0.05, 0) is 40.2 Å². The molecular weight excluding hydrogens is 414 g/mol. The van der Waals surface area contributed by atoms with Gasteiger partial charge >= 0.3 is 5.97 Å². The van der Waals surface area contributed by atoms with Crippen LogP contribution in [0.5, 0.6) is 5.75 Å². The van der Waals surface area contributed by atoms with Crippen LogP contribution in [-0.2, 0) is 9.53 Å². The largest absolute Gasteiger partial charge is 0.493 e. The summed E-state index contributed by atoms with van der Waals surface area (Å²) in [6.45, 7) is -0.443. The van der Waals surface area contributed by atoms with E-state index < -0.39 is 18.5 Å². The number of amides is 1. The van der Waals surface area contributed by atoms with E-state index in [1.807, 2.05) is 36.4 Å². The number of hydrogen-bond donors (Lipinski definition) is 1. The van der Waals surface area contributed by atoms with Gasteiger partial charge in [-0.3, -0.25) is 4.79 Å². The first-order valence-corrected chi connectivity index (χ1v) is 8.78. The van der Waals surface area contributed by atoms with Gasteiger partial charge in [-0.1, -0.05) is 30.3 Å². The quantitative estimate of drug-likeness (QED) is 0.606. The lowest BCUT2D eigenvalue weighted by molar-refractivity contribution is -0.119. The monoisotopic (exact) mass is 429 g/mol. The van der Waals surface area contributed by atoms with Crippen molar-refractivity contribution in [3.63, 3.8) is 0 Å². The van der Waals surface area contributed by atoms with Crippen LogP contribution in [0.2, 0.25) is 0 Å². The van der Waals surface area contributed by atoms with Crippen molar-refractivity contribution in [1.29, 1.82) is 0 Å². The summed E-state index contributed by atoms with van der Waals surface area (Å²) in [5, 5.41) is 6.86. The number of benzene rings is 2. The number of para-hydroxylation sites is 2. The van der Waals surface area contributed by atoms with Crippen LogP contribution >= 0.6 is 15.9 Å². The zero-order chi connectivity index (χ0) is 19.2. The van der Waals surface area contributed by atoms with Crippen LogP contribution in [0, 0.1) is 0 Å². The molecule has 0 fully saturated rings. The van der Waals surface area contributed by atoms with Crippen LogP contribution in [0.1, 0.15) is 10.5 Å². The summed E-state index contributed by atoms with van der Waals surface area (Å²) in [7, 11) is 1.43. The lowest BCUT2D eigenvalue weighted by Crippen LogP contribution is -2.21. The van der Waals surface area contributed by atoms with E-state index in [1.165, 1.54) is 11.8 Å². The van der Waals surface area contributed by atoms with Crippen molar-refractivity contribution in [3.8, 4) is 11.4 Å². The number of rotatable bonds is 6. The molecule has 2 aromatic carbocycles. The molecule has 0 aliphatic rings. The molecule has 1 heterocycles. The lowest BCUT2D eigenvalue weighted by atomic mass is 10.3. The van der Waals surface area contributed by atoms with Crippen molar-refractivity contribution in [2.24, 2.45) is 0 Å². The average Bonchev–Trinajstić information content (AvgIpc) is 3.13. The Bertz CT molecular complexity index is 957. The van der Waals surface area contributed by atoms with Crippen LogP contribution in [-0.4, -0.2) is 35.4 Å². The van der Waals surface area contributed by atoms with E-state index in [4.69, 9.17) is 9.47 Å². The van der Waals surface area contributed by atoms with Gasteiger partial charge < -0.3 is 14.8 Å². The van der Waals surface area contributed by atoms with Crippen molar-refractivity contribution < 1.29 is 19.1 Å². The fourth-order valence-corrected chi connectivity index (χ4v) is 2.69. The number of nitrogens with one attached hydrogen (secondary N) is 1. The maximum Gasteiger partial charge on any atom is 0.363 e. The molecule has 1 N–H and O–H groups in total. The molecule has 138 valence electrons. The smallest absolute Gasteiger partial charge is 0.363 e. The maximum absolute atomic E-state index is 12.3. The standard InChI is InChI=1S/C19H16BrN3O4/c1-26-16-11-23(13-7-3-2-4-8-13)22-18(16)19(25)27-12-17(24)21-15-10-6-5-9-14(15)20/h2-11H,12H2,1H3,(H,21,24). The third kappa shape index (κ3) is 4.53. The van der Waals surface area contributed by atoms with Crippen LogP contribution in [0.25, 0.3) is 5.69 Å². The maximum atomic E-state index is 12.3. The molecule has 0 spiro atoms. The number of ether oxygens (including phenoxy) is 2. The average molecular weight is 430 g/mol. The second kappa shape index (κ2) is 8.50. The Morgan fingerprint density at radius 1 is 1.11 bits per heavy atom. The Hall–Kier alpha value is -3.13. The molecule has 0 saturated carbocycles. The Morgan fingerprint density at radius 2 is 1.81 bits per heavy atom. The molecule has 0 atom stereocenters. The molecule has 8 heteroatoms. The highest BCUT2D eigenvalue weighted by Crippen LogP contribution is 2.22. The highest BCUT2D eigenvalue weighted by molar-refractivity contribution is 9.10. The van der Waals surface area contributed by atoms with Gasteiger partial charge in [-0.2, -0.15) is 5.10 Å². The number of halogens is 1. The van der Waals surface area contributed by atoms with E-state index in [-0.39, 0.29) is 11.4 Å². The molecule has 27 heavy (non-hydrogen) atoms. The van der Waals surface area contributed by atoms with E-state index in [0.717, 1.165) is 10.2 Å². The number of esters is 1. The Balaban J connectivity index is 1.66. The van der Waals surface area contributed by atoms with Gasteiger partial charge in [-0.15, -0.1) is 0 Å². The minimum atomic E-state index is -0.746. The third-order valence-corrected chi connectivity index (χ3v) is 4.29. The fraction of sp³-hybridized carbons (Fsp3) is 0.105. The molecule has 1 amide bonds. The van der Waals surface area contributed by atoms with Crippen LogP contribution in [0.3, 0.4) is 0 Å². The molecule has 0 bridgehead atoms. The Kier molecular flexibility index (Phi) is 5.87. The van der Waals surface area contributed by atoms with E-state index in [0.29, 0.717) is 5.69 Å². The van der Waals surface area contributed by atoms with Gasteiger partial charge in [0, 0.05) is 4.47 Å². The lowest BCUT2D eigenvalue weighted by Gasteiger charge is -2.07. The Labute approximate surface area is 164 Å². The molecule has 0 saturated heterocycles. The second-order valence-corrected chi connectivity index (χ2v) is 6.28. The third-order valence-electron chi connectivity index (χ3n) is 3.60. The summed E-state index contributed by atoms with van der Waals surface area (Å²) < 4.78 is 12.5. The van der Waals surface area contributed by atoms with Gasteiger partial charge in [0.1, 0.15) is 0 Å². The summed E-state index contributed by atoms with van der Waals surface area (Å²) in [5.41, 5.74) is 1.35. The first kappa shape index (κ1) is 18.7. The van der Waals surface area contributed by atoms with Gasteiger partial charge in [-0.25, -0.2) is 9.48 Å². The zero-order valence-corrected chi connectivity index (χ0v) is 16.0. The summed E-state index contributed by atoms with van der Waals surface area (Å²) in [6.07, 6.45) is 1.58. The summed E-state index contributed by atoms with van der Waals surface area (Å²) in [5.74, 6) is -0.949. The molecule has 7 nitrogen and oxygen atoms in total. The number of aromatic nitrogens is 2. The number of nitrogens with zero attached hydrogens (tertiary/aromatic N) is 2. The first-order valence-electron chi connectivity index (χ1n) is 7.99. The van der Waals surface area contributed by atoms with E-state index in [1.54, 1.807) is 24.4 Å². The van der Waals surface area contributed by atoms with Crippen LogP contribution < -0.4 is 10.1 Å². The minimum absolute atomic E-state index is 0.00459. The predicted octanol–water partition coefficient (Wildman–Crippen LogP) is 3.44. The molecule has 0 aliphatic carbocycles. The molecule has 0 radical (unpaired) electrons. The van der Waals surface area contributed by atoms with Gasteiger partial charge in [0.05, 0.1) is 24.7 Å². The zero-order valence-electron chi connectivity index (χ0n) is 14.4. The number of anilines is 1. The molecule has 3 rings (SSSR count). The van der Waals surface area contributed by atoms with Crippen LogP contribution in [0.15, 0.2) is 65.3 Å². The predicted molar refractivity (Wildman–Crippen MR) is 103 cm³/mol. The van der Waals surface area contributed by atoms with Crippen LogP contribution in [0.4, 0.5) is 5.69 Å². The SMILES string of the molecule is COc1cn(-c2ccccc2)nc1C(=O)OCC(=O)Nc1ccccc1Br. The van der Waals surface area contributed by atoms with E-state index in [2.05, 4.69) is 26.3 Å². The number of methoxy groups -OCH3 is 1. The van der Waals surface area contributed by atoms with Crippen molar-refractivity contribution in [1.82, 2.24) is 9.78 Å². The van der Waals surface area contributed by atoms with Gasteiger partial charge in [0.25, 0.3) is 5.91 Å². The van der Waals surface area contributed by atoms with Gasteiger partial charge in [0.15, 0.2) is 12.4 Å². The number of hydrogen-bond acceptors (Lipinski definition) is 5. The van der Waals surface area contributed by atoms with E-state index in [9.17, 15) is 9.59 Å². The van der Waals surface area contributed by atoms with Gasteiger partial charge in [0.2, 0.25) is 5.69 Å². The molecular formula is C19H16BrN3O4. The highest BCUT2D eigenvalue weighted by Gasteiger charge is 2.21. The summed E-state index contributed by atoms with van der Waals surface area (Å²) >= 11 is 3.33. The van der Waals surface area contributed by atoms with Crippen molar-refractivity contribution in [2.75, 3.05) is 19.0 Å². The second-order valence-electron chi connectivity index (χ2n) is 5.43. The summed E-state index contributed by atoms with van der Waals surface area (Å²) in [6, 6.07) is 16.4. The topological polar surface area (TPSA) is 82.5 Å². The minimum Gasteiger partial charge on any atom is -0.493 e. The highest BCUT2D eigenvalue weighted by atomic mass is 79.9. The van der Waals surface area contributed by atoms with Crippen molar-refractivity contribution in [3.05, 3.63) is 71.0 Å². The number of carbonyl (C=O) groups is 2.